The minimum Gasteiger partial charge on any atom is -0.492 e. The van der Waals surface area contributed by atoms with Crippen LogP contribution in [0.1, 0.15) is 41.6 Å². The van der Waals surface area contributed by atoms with Gasteiger partial charge < -0.3 is 18.9 Å². The van der Waals surface area contributed by atoms with Crippen molar-refractivity contribution in [2.75, 3.05) is 13.7 Å². The molecule has 164 valence electrons. The summed E-state index contributed by atoms with van der Waals surface area (Å²) in [6.45, 7) is 0.426. The maximum Gasteiger partial charge on any atom is 0.306 e. The summed E-state index contributed by atoms with van der Waals surface area (Å²) in [7, 11) is 1.38. The Morgan fingerprint density at radius 1 is 1.09 bits per heavy atom. The van der Waals surface area contributed by atoms with Gasteiger partial charge in [-0.05, 0) is 43.2 Å². The van der Waals surface area contributed by atoms with Crippen molar-refractivity contribution < 1.29 is 28.1 Å². The molecule has 0 radical (unpaired) electrons. The summed E-state index contributed by atoms with van der Waals surface area (Å²) in [6, 6.07) is 18.1. The van der Waals surface area contributed by atoms with Crippen LogP contribution in [0.25, 0.3) is 0 Å². The Balaban J connectivity index is 1.35. The van der Waals surface area contributed by atoms with E-state index in [2.05, 4.69) is 0 Å². The summed E-state index contributed by atoms with van der Waals surface area (Å²) in [5.74, 6) is 2.07. The summed E-state index contributed by atoms with van der Waals surface area (Å²) in [4.78, 5) is 11.6. The Hall–Kier alpha value is -3.54. The Kier molecular flexibility index (Phi) is 5.43. The van der Waals surface area contributed by atoms with Gasteiger partial charge in [0.2, 0.25) is 0 Å². The predicted molar refractivity (Wildman–Crippen MR) is 116 cm³/mol. The second-order valence-corrected chi connectivity index (χ2v) is 7.99. The normalized spacial score (nSPS) is 18.4. The van der Waals surface area contributed by atoms with Crippen molar-refractivity contribution in [1.29, 1.82) is 0 Å². The van der Waals surface area contributed by atoms with E-state index >= 15 is 0 Å². The number of hydrogen-bond donors (Lipinski definition) is 0. The lowest BCUT2D eigenvalue weighted by atomic mass is 9.98. The highest BCUT2D eigenvalue weighted by Crippen LogP contribution is 2.44. The summed E-state index contributed by atoms with van der Waals surface area (Å²) in [5, 5.41) is 0. The van der Waals surface area contributed by atoms with Crippen LogP contribution >= 0.6 is 0 Å². The zero-order valence-corrected chi connectivity index (χ0v) is 17.7. The van der Waals surface area contributed by atoms with E-state index in [1.807, 2.05) is 48.5 Å². The minimum atomic E-state index is -0.408. The minimum absolute atomic E-state index is 0.0335. The number of esters is 1. The lowest BCUT2D eigenvalue weighted by Crippen LogP contribution is -2.09. The number of benzene rings is 3. The SMILES string of the molecule is COC(=O)CC1COc2cc(OC3CCc4c(Oc5ccccc5)ccc(F)c43)ccc21. The van der Waals surface area contributed by atoms with Crippen molar-refractivity contribution in [2.45, 2.75) is 31.3 Å². The van der Waals surface area contributed by atoms with E-state index in [9.17, 15) is 9.18 Å². The highest BCUT2D eigenvalue weighted by molar-refractivity contribution is 5.71. The summed E-state index contributed by atoms with van der Waals surface area (Å²) >= 11 is 0. The van der Waals surface area contributed by atoms with Gasteiger partial charge in [-0.15, -0.1) is 0 Å². The van der Waals surface area contributed by atoms with E-state index in [1.165, 1.54) is 13.2 Å². The molecule has 1 aliphatic heterocycles. The van der Waals surface area contributed by atoms with Crippen molar-refractivity contribution in [3.8, 4) is 23.0 Å². The molecule has 0 aromatic heterocycles. The first-order chi connectivity index (χ1) is 15.6. The van der Waals surface area contributed by atoms with E-state index in [0.717, 1.165) is 11.1 Å². The number of rotatable bonds is 6. The number of ether oxygens (including phenoxy) is 4. The van der Waals surface area contributed by atoms with Gasteiger partial charge in [0.15, 0.2) is 0 Å². The lowest BCUT2D eigenvalue weighted by molar-refractivity contribution is -0.141. The Bertz CT molecular complexity index is 1140. The highest BCUT2D eigenvalue weighted by atomic mass is 19.1. The van der Waals surface area contributed by atoms with Crippen LogP contribution in [0.5, 0.6) is 23.0 Å². The van der Waals surface area contributed by atoms with Gasteiger partial charge in [0.1, 0.15) is 34.9 Å². The van der Waals surface area contributed by atoms with Crippen LogP contribution in [0.3, 0.4) is 0 Å². The van der Waals surface area contributed by atoms with Crippen molar-refractivity contribution >= 4 is 5.97 Å². The third-order valence-corrected chi connectivity index (χ3v) is 5.99. The molecule has 5 nitrogen and oxygen atoms in total. The van der Waals surface area contributed by atoms with E-state index in [0.29, 0.717) is 48.0 Å². The van der Waals surface area contributed by atoms with Crippen molar-refractivity contribution in [3.05, 3.63) is 83.2 Å². The molecule has 3 aromatic carbocycles. The van der Waals surface area contributed by atoms with Gasteiger partial charge >= 0.3 is 5.97 Å². The van der Waals surface area contributed by atoms with Crippen LogP contribution in [0.2, 0.25) is 0 Å². The number of para-hydroxylation sites is 1. The molecule has 6 heteroatoms. The van der Waals surface area contributed by atoms with Gasteiger partial charge in [0, 0.05) is 28.7 Å². The fourth-order valence-corrected chi connectivity index (χ4v) is 4.42. The zero-order chi connectivity index (χ0) is 22.1. The van der Waals surface area contributed by atoms with Crippen LogP contribution in [0, 0.1) is 5.82 Å². The maximum absolute atomic E-state index is 14.8. The molecule has 1 aliphatic carbocycles. The Labute approximate surface area is 185 Å². The van der Waals surface area contributed by atoms with E-state index in [4.69, 9.17) is 18.9 Å². The molecule has 0 saturated carbocycles. The molecule has 2 atom stereocenters. The molecule has 32 heavy (non-hydrogen) atoms. The molecule has 3 aromatic rings. The van der Waals surface area contributed by atoms with Crippen molar-refractivity contribution in [2.24, 2.45) is 0 Å². The number of methoxy groups -OCH3 is 1. The number of carbonyl (C=O) groups excluding carboxylic acids is 1. The van der Waals surface area contributed by atoms with Crippen LogP contribution < -0.4 is 14.2 Å². The van der Waals surface area contributed by atoms with E-state index in [1.54, 1.807) is 6.07 Å². The third-order valence-electron chi connectivity index (χ3n) is 5.99. The number of fused-ring (bicyclic) bond motifs is 2. The predicted octanol–water partition coefficient (Wildman–Crippen LogP) is 5.72. The fraction of sp³-hybridized carbons (Fsp3) is 0.269. The van der Waals surface area contributed by atoms with Gasteiger partial charge in [-0.2, -0.15) is 0 Å². The summed E-state index contributed by atoms with van der Waals surface area (Å²) in [6.07, 6.45) is 1.19. The van der Waals surface area contributed by atoms with Gasteiger partial charge in [-0.25, -0.2) is 4.39 Å². The average molecular weight is 434 g/mol. The molecule has 2 aliphatic rings. The summed E-state index contributed by atoms with van der Waals surface area (Å²) in [5.41, 5.74) is 2.34. The first kappa shape index (κ1) is 20.4. The average Bonchev–Trinajstić information content (AvgIpc) is 3.41. The lowest BCUT2D eigenvalue weighted by Gasteiger charge is -2.17. The van der Waals surface area contributed by atoms with Crippen LogP contribution in [-0.2, 0) is 16.0 Å². The largest absolute Gasteiger partial charge is 0.492 e. The molecule has 2 unspecified atom stereocenters. The van der Waals surface area contributed by atoms with Crippen molar-refractivity contribution in [3.63, 3.8) is 0 Å². The molecule has 0 fully saturated rings. The Morgan fingerprint density at radius 3 is 2.75 bits per heavy atom. The maximum atomic E-state index is 14.8. The molecule has 0 bridgehead atoms. The number of carbonyl (C=O) groups is 1. The van der Waals surface area contributed by atoms with Crippen molar-refractivity contribution in [1.82, 2.24) is 0 Å². The molecule has 5 rings (SSSR count). The topological polar surface area (TPSA) is 54.0 Å². The zero-order valence-electron chi connectivity index (χ0n) is 17.7. The van der Waals surface area contributed by atoms with Crippen LogP contribution in [-0.4, -0.2) is 19.7 Å². The standard InChI is InChI=1S/C26H23FO5/c1-29-25(28)13-16-15-30-24-14-18(7-8-19(16)24)32-23-11-9-20-22(12-10-21(27)26(20)23)31-17-5-3-2-4-6-17/h2-8,10,12,14,16,23H,9,11,13,15H2,1H3. The number of halogens is 1. The highest BCUT2D eigenvalue weighted by Gasteiger charge is 2.32. The molecule has 0 N–H and O–H groups in total. The van der Waals surface area contributed by atoms with E-state index < -0.39 is 6.10 Å². The molecular weight excluding hydrogens is 411 g/mol. The molecule has 0 amide bonds. The third kappa shape index (κ3) is 3.88. The first-order valence-corrected chi connectivity index (χ1v) is 10.7. The second-order valence-electron chi connectivity index (χ2n) is 7.99. The van der Waals surface area contributed by atoms with Gasteiger partial charge in [-0.1, -0.05) is 24.3 Å². The number of hydrogen-bond acceptors (Lipinski definition) is 5. The fourth-order valence-electron chi connectivity index (χ4n) is 4.42. The Morgan fingerprint density at radius 2 is 1.94 bits per heavy atom. The van der Waals surface area contributed by atoms with Gasteiger partial charge in [0.05, 0.1) is 20.1 Å². The van der Waals surface area contributed by atoms with Gasteiger partial charge in [0.25, 0.3) is 0 Å². The smallest absolute Gasteiger partial charge is 0.306 e. The monoisotopic (exact) mass is 434 g/mol. The van der Waals surface area contributed by atoms with Gasteiger partial charge in [-0.3, -0.25) is 4.79 Å². The first-order valence-electron chi connectivity index (χ1n) is 10.7. The van der Waals surface area contributed by atoms with E-state index in [-0.39, 0.29) is 24.1 Å². The molecule has 0 spiro atoms. The second kappa shape index (κ2) is 8.54. The molecule has 0 saturated heterocycles. The summed E-state index contributed by atoms with van der Waals surface area (Å²) < 4.78 is 37.5. The van der Waals surface area contributed by atoms with Crippen LogP contribution in [0.4, 0.5) is 4.39 Å². The molecular formula is C26H23FO5. The van der Waals surface area contributed by atoms with Crippen LogP contribution in [0.15, 0.2) is 60.7 Å². The molecule has 1 heterocycles. The quantitative estimate of drug-likeness (QED) is 0.464.